The lowest BCUT2D eigenvalue weighted by molar-refractivity contribution is -0.126. The third-order valence-corrected chi connectivity index (χ3v) is 4.26. The highest BCUT2D eigenvalue weighted by Crippen LogP contribution is 2.22. The van der Waals surface area contributed by atoms with Crippen molar-refractivity contribution in [3.8, 4) is 0 Å². The van der Waals surface area contributed by atoms with E-state index in [-0.39, 0.29) is 24.1 Å². The summed E-state index contributed by atoms with van der Waals surface area (Å²) in [5.74, 6) is -1.00. The van der Waals surface area contributed by atoms with Crippen LogP contribution in [0.15, 0.2) is 42.5 Å². The summed E-state index contributed by atoms with van der Waals surface area (Å²) in [6, 6.07) is 12.4. The monoisotopic (exact) mass is 356 g/mol. The fourth-order valence-corrected chi connectivity index (χ4v) is 2.83. The highest BCUT2D eigenvalue weighted by Gasteiger charge is 2.13. The van der Waals surface area contributed by atoms with Crippen LogP contribution in [0.1, 0.15) is 37.0 Å². The Labute approximate surface area is 153 Å². The van der Waals surface area contributed by atoms with Crippen LogP contribution in [0.3, 0.4) is 0 Å². The quantitative estimate of drug-likeness (QED) is 0.710. The Hall–Kier alpha value is -2.69. The van der Waals surface area contributed by atoms with Gasteiger partial charge in [-0.1, -0.05) is 50.2 Å². The second-order valence-corrected chi connectivity index (χ2v) is 6.07. The number of hydrogen-bond donors (Lipinski definition) is 2. The molecule has 0 spiro atoms. The Morgan fingerprint density at radius 1 is 0.885 bits per heavy atom. The molecule has 0 aromatic heterocycles. The molecule has 0 fully saturated rings. The Morgan fingerprint density at radius 3 is 2.12 bits per heavy atom. The van der Waals surface area contributed by atoms with E-state index >= 15 is 0 Å². The first kappa shape index (κ1) is 19.6. The van der Waals surface area contributed by atoms with Gasteiger partial charge in [0.15, 0.2) is 0 Å². The molecule has 5 heteroatoms. The molecule has 4 nitrogen and oxygen atoms in total. The minimum atomic E-state index is -0.370. The number of amides is 2. The van der Waals surface area contributed by atoms with E-state index in [0.29, 0.717) is 18.5 Å². The van der Waals surface area contributed by atoms with E-state index in [1.54, 1.807) is 18.2 Å². The second kappa shape index (κ2) is 9.70. The van der Waals surface area contributed by atoms with Gasteiger partial charge in [-0.05, 0) is 42.0 Å². The molecule has 0 unspecified atom stereocenters. The van der Waals surface area contributed by atoms with Crippen molar-refractivity contribution >= 4 is 17.5 Å². The van der Waals surface area contributed by atoms with Crippen molar-refractivity contribution in [2.24, 2.45) is 0 Å². The number of hydrogen-bond acceptors (Lipinski definition) is 2. The molecule has 2 N–H and O–H groups in total. The summed E-state index contributed by atoms with van der Waals surface area (Å²) in [7, 11) is 0. The van der Waals surface area contributed by atoms with Gasteiger partial charge < -0.3 is 10.6 Å². The molecule has 2 rings (SSSR count). The third kappa shape index (κ3) is 5.41. The molecular formula is C21H25FN2O2. The minimum absolute atomic E-state index is 0.252. The predicted octanol–water partition coefficient (Wildman–Crippen LogP) is 3.64. The van der Waals surface area contributed by atoms with E-state index in [0.717, 1.165) is 29.7 Å². The summed E-state index contributed by atoms with van der Waals surface area (Å²) in [4.78, 5) is 24.2. The van der Waals surface area contributed by atoms with E-state index in [4.69, 9.17) is 0 Å². The summed E-state index contributed by atoms with van der Waals surface area (Å²) in [6.45, 7) is 4.35. The highest BCUT2D eigenvalue weighted by atomic mass is 19.1. The first-order valence-corrected chi connectivity index (χ1v) is 8.95. The lowest BCUT2D eigenvalue weighted by Crippen LogP contribution is -2.30. The second-order valence-electron chi connectivity index (χ2n) is 6.07. The number of halogens is 1. The number of benzene rings is 2. The van der Waals surface area contributed by atoms with Gasteiger partial charge in [0, 0.05) is 12.2 Å². The van der Waals surface area contributed by atoms with Gasteiger partial charge >= 0.3 is 0 Å². The highest BCUT2D eigenvalue weighted by molar-refractivity contribution is 6.04. The number of para-hydroxylation sites is 1. The van der Waals surface area contributed by atoms with Gasteiger partial charge in [0.2, 0.25) is 11.8 Å². The largest absolute Gasteiger partial charge is 0.355 e. The maximum absolute atomic E-state index is 13.5. The molecule has 0 radical (unpaired) electrons. The first-order valence-electron chi connectivity index (χ1n) is 8.95. The minimum Gasteiger partial charge on any atom is -0.355 e. The van der Waals surface area contributed by atoms with Crippen LogP contribution < -0.4 is 10.6 Å². The molecule has 138 valence electrons. The van der Waals surface area contributed by atoms with E-state index in [1.165, 1.54) is 6.07 Å². The Morgan fingerprint density at radius 2 is 1.50 bits per heavy atom. The number of rotatable bonds is 8. The van der Waals surface area contributed by atoms with Gasteiger partial charge in [-0.25, -0.2) is 4.39 Å². The molecular weight excluding hydrogens is 331 g/mol. The first-order chi connectivity index (χ1) is 12.5. The van der Waals surface area contributed by atoms with Gasteiger partial charge in [0.05, 0.1) is 0 Å². The van der Waals surface area contributed by atoms with Gasteiger partial charge in [-0.15, -0.1) is 0 Å². The summed E-state index contributed by atoms with van der Waals surface area (Å²) in [5.41, 5.74) is 3.46. The lowest BCUT2D eigenvalue weighted by atomic mass is 10.0. The van der Waals surface area contributed by atoms with E-state index in [9.17, 15) is 14.0 Å². The number of anilines is 1. The lowest BCUT2D eigenvalue weighted by Gasteiger charge is -2.14. The molecule has 0 saturated carbocycles. The Kier molecular flexibility index (Phi) is 7.33. The summed E-state index contributed by atoms with van der Waals surface area (Å²) < 4.78 is 13.5. The Bertz CT molecular complexity index is 752. The van der Waals surface area contributed by atoms with Crippen molar-refractivity contribution in [2.75, 3.05) is 11.9 Å². The molecule has 0 bridgehead atoms. The number of carbonyl (C=O) groups is 2. The molecule has 2 aromatic rings. The number of carbonyl (C=O) groups excluding carboxylic acids is 2. The van der Waals surface area contributed by atoms with E-state index in [2.05, 4.69) is 10.6 Å². The van der Waals surface area contributed by atoms with Crippen LogP contribution in [0.5, 0.6) is 0 Å². The zero-order valence-corrected chi connectivity index (χ0v) is 15.3. The number of nitrogens with one attached hydrogen (secondary N) is 2. The maximum atomic E-state index is 13.5. The molecule has 0 aliphatic carbocycles. The molecule has 0 aliphatic rings. The van der Waals surface area contributed by atoms with Crippen LogP contribution in [0.4, 0.5) is 10.1 Å². The van der Waals surface area contributed by atoms with Gasteiger partial charge in [0.25, 0.3) is 0 Å². The average Bonchev–Trinajstić information content (AvgIpc) is 2.63. The van der Waals surface area contributed by atoms with Crippen molar-refractivity contribution in [1.29, 1.82) is 0 Å². The molecule has 0 atom stereocenters. The van der Waals surface area contributed by atoms with Gasteiger partial charge in [0.1, 0.15) is 12.2 Å². The normalized spacial score (nSPS) is 10.4. The van der Waals surface area contributed by atoms with Crippen molar-refractivity contribution in [3.63, 3.8) is 0 Å². The zero-order chi connectivity index (χ0) is 18.9. The molecule has 0 heterocycles. The summed E-state index contributed by atoms with van der Waals surface area (Å²) in [5, 5.41) is 5.54. The van der Waals surface area contributed by atoms with Gasteiger partial charge in [-0.3, -0.25) is 9.59 Å². The third-order valence-electron chi connectivity index (χ3n) is 4.26. The van der Waals surface area contributed by atoms with E-state index < -0.39 is 0 Å². The van der Waals surface area contributed by atoms with Crippen molar-refractivity contribution in [3.05, 3.63) is 65.0 Å². The molecule has 2 amide bonds. The smallest absolute Gasteiger partial charge is 0.233 e. The fourth-order valence-electron chi connectivity index (χ4n) is 2.83. The van der Waals surface area contributed by atoms with Crippen molar-refractivity contribution < 1.29 is 14.0 Å². The molecule has 0 aliphatic heterocycles. The molecule has 2 aromatic carbocycles. The zero-order valence-electron chi connectivity index (χ0n) is 15.3. The predicted molar refractivity (Wildman–Crippen MR) is 102 cm³/mol. The van der Waals surface area contributed by atoms with Crippen molar-refractivity contribution in [2.45, 2.75) is 39.5 Å². The van der Waals surface area contributed by atoms with Crippen LogP contribution in [-0.2, 0) is 28.9 Å². The average molecular weight is 356 g/mol. The van der Waals surface area contributed by atoms with Crippen LogP contribution >= 0.6 is 0 Å². The van der Waals surface area contributed by atoms with Crippen LogP contribution in [0.2, 0.25) is 0 Å². The van der Waals surface area contributed by atoms with Crippen molar-refractivity contribution in [1.82, 2.24) is 5.32 Å². The topological polar surface area (TPSA) is 58.2 Å². The Balaban J connectivity index is 1.86. The fraction of sp³-hybridized carbons (Fsp3) is 0.333. The summed E-state index contributed by atoms with van der Waals surface area (Å²) >= 11 is 0. The number of aryl methyl sites for hydroxylation is 2. The van der Waals surface area contributed by atoms with E-state index in [1.807, 2.05) is 32.0 Å². The standard InChI is InChI=1S/C21H25FN2O2/c1-3-15-9-7-10-16(4-2)21(15)24-20(26)14-19(25)23-13-12-17-8-5-6-11-18(17)22/h5-11H,3-4,12-14H2,1-2H3,(H,23,25)(H,24,26). The summed E-state index contributed by atoms with van der Waals surface area (Å²) in [6.07, 6.45) is 1.74. The van der Waals surface area contributed by atoms with Crippen LogP contribution in [0, 0.1) is 5.82 Å². The molecule has 0 saturated heterocycles. The molecule has 26 heavy (non-hydrogen) atoms. The van der Waals surface area contributed by atoms with Gasteiger partial charge in [-0.2, -0.15) is 0 Å². The SMILES string of the molecule is CCc1cccc(CC)c1NC(=O)CC(=O)NCCc1ccccc1F. The maximum Gasteiger partial charge on any atom is 0.233 e. The van der Waals surface area contributed by atoms with Crippen LogP contribution in [-0.4, -0.2) is 18.4 Å². The van der Waals surface area contributed by atoms with Crippen LogP contribution in [0.25, 0.3) is 0 Å².